The number of hydrogen-bond acceptors (Lipinski definition) is 3. The Morgan fingerprint density at radius 3 is 2.64 bits per heavy atom. The minimum Gasteiger partial charge on any atom is -0.484 e. The quantitative estimate of drug-likeness (QED) is 0.506. The molecule has 0 aliphatic rings. The van der Waals surface area contributed by atoms with E-state index in [0.717, 1.165) is 40.6 Å². The summed E-state index contributed by atoms with van der Waals surface area (Å²) in [6.45, 7) is 4.04. The molecule has 0 spiro atoms. The van der Waals surface area contributed by atoms with E-state index in [9.17, 15) is 4.79 Å². The molecule has 2 rings (SSSR count). The van der Waals surface area contributed by atoms with E-state index in [4.69, 9.17) is 4.74 Å². The van der Waals surface area contributed by atoms with Crippen LogP contribution in [0, 0.1) is 6.92 Å². The highest BCUT2D eigenvalue weighted by Gasteiger charge is 2.06. The molecule has 0 aliphatic heterocycles. The van der Waals surface area contributed by atoms with Crippen molar-refractivity contribution in [3.8, 4) is 5.75 Å². The van der Waals surface area contributed by atoms with Crippen LogP contribution in [0.25, 0.3) is 0 Å². The van der Waals surface area contributed by atoms with Crippen molar-refractivity contribution in [2.75, 3.05) is 6.61 Å². The number of nitrogens with zero attached hydrogens (tertiary/aromatic N) is 1. The summed E-state index contributed by atoms with van der Waals surface area (Å²) in [5.41, 5.74) is 5.57. The maximum atomic E-state index is 12.0. The number of benzene rings is 2. The molecule has 0 aromatic heterocycles. The van der Waals surface area contributed by atoms with Gasteiger partial charge in [0, 0.05) is 4.47 Å². The number of carbonyl (C=O) groups is 1. The molecule has 1 N–H and O–H groups in total. The first-order valence-corrected chi connectivity index (χ1v) is 9.19. The molecule has 0 unspecified atom stereocenters. The first-order valence-electron chi connectivity index (χ1n) is 8.40. The Morgan fingerprint density at radius 2 is 1.96 bits per heavy atom. The van der Waals surface area contributed by atoms with E-state index >= 15 is 0 Å². The second-order valence-corrected chi connectivity index (χ2v) is 6.62. The molecule has 25 heavy (non-hydrogen) atoms. The van der Waals surface area contributed by atoms with Crippen LogP contribution in [0.2, 0.25) is 0 Å². The first kappa shape index (κ1) is 19.2. The molecule has 0 saturated heterocycles. The van der Waals surface area contributed by atoms with Crippen LogP contribution in [0.5, 0.6) is 5.75 Å². The standard InChI is InChI=1S/C20H23BrN2O2/c1-3-4-10-19(16-8-6-5-7-9-16)22-23-20(24)14-25-17-11-12-18(21)15(2)13-17/h5-9,11-13H,3-4,10,14H2,1-2H3,(H,23,24). The summed E-state index contributed by atoms with van der Waals surface area (Å²) >= 11 is 3.44. The van der Waals surface area contributed by atoms with Crippen LogP contribution in [-0.2, 0) is 4.79 Å². The number of carbonyl (C=O) groups excluding carboxylic acids is 1. The lowest BCUT2D eigenvalue weighted by atomic mass is 10.1. The Bertz CT molecular complexity index is 730. The maximum absolute atomic E-state index is 12.0. The lowest BCUT2D eigenvalue weighted by Gasteiger charge is -2.09. The number of nitrogens with one attached hydrogen (secondary N) is 1. The lowest BCUT2D eigenvalue weighted by molar-refractivity contribution is -0.123. The van der Waals surface area contributed by atoms with Gasteiger partial charge in [-0.15, -0.1) is 0 Å². The van der Waals surface area contributed by atoms with Crippen molar-refractivity contribution in [2.24, 2.45) is 5.10 Å². The smallest absolute Gasteiger partial charge is 0.277 e. The van der Waals surface area contributed by atoms with Gasteiger partial charge in [-0.05, 0) is 49.1 Å². The fourth-order valence-electron chi connectivity index (χ4n) is 2.26. The normalized spacial score (nSPS) is 11.2. The summed E-state index contributed by atoms with van der Waals surface area (Å²) in [5.74, 6) is 0.389. The van der Waals surface area contributed by atoms with Gasteiger partial charge in [0.25, 0.3) is 5.91 Å². The second-order valence-electron chi connectivity index (χ2n) is 5.76. The van der Waals surface area contributed by atoms with E-state index in [1.807, 2.05) is 55.5 Å². The molecule has 0 saturated carbocycles. The van der Waals surface area contributed by atoms with E-state index < -0.39 is 0 Å². The number of hydrazone groups is 1. The predicted molar refractivity (Wildman–Crippen MR) is 105 cm³/mol. The number of halogens is 1. The Morgan fingerprint density at radius 1 is 1.20 bits per heavy atom. The van der Waals surface area contributed by atoms with E-state index in [1.165, 1.54) is 0 Å². The molecule has 4 nitrogen and oxygen atoms in total. The van der Waals surface area contributed by atoms with Gasteiger partial charge in [-0.25, -0.2) is 5.43 Å². The third-order valence-electron chi connectivity index (χ3n) is 3.69. The fourth-order valence-corrected chi connectivity index (χ4v) is 2.50. The van der Waals surface area contributed by atoms with Gasteiger partial charge in [0.05, 0.1) is 5.71 Å². The number of aryl methyl sites for hydroxylation is 1. The Balaban J connectivity index is 1.94. The van der Waals surface area contributed by atoms with E-state index in [0.29, 0.717) is 5.75 Å². The molecule has 0 fully saturated rings. The SMILES string of the molecule is CCCCC(=NNC(=O)COc1ccc(Br)c(C)c1)c1ccccc1. The van der Waals surface area contributed by atoms with Crippen LogP contribution in [-0.4, -0.2) is 18.2 Å². The molecular weight excluding hydrogens is 380 g/mol. The van der Waals surface area contributed by atoms with Gasteiger partial charge in [0.15, 0.2) is 6.61 Å². The predicted octanol–water partition coefficient (Wildman–Crippen LogP) is 4.85. The zero-order valence-electron chi connectivity index (χ0n) is 14.6. The minimum absolute atomic E-state index is 0.0690. The number of ether oxygens (including phenoxy) is 1. The van der Waals surface area contributed by atoms with Crippen LogP contribution >= 0.6 is 15.9 Å². The Kier molecular flexibility index (Phi) is 7.67. The number of unbranched alkanes of at least 4 members (excludes halogenated alkanes) is 1. The zero-order chi connectivity index (χ0) is 18.1. The highest BCUT2D eigenvalue weighted by Crippen LogP contribution is 2.21. The lowest BCUT2D eigenvalue weighted by Crippen LogP contribution is -2.26. The van der Waals surface area contributed by atoms with E-state index in [-0.39, 0.29) is 12.5 Å². The summed E-state index contributed by atoms with van der Waals surface area (Å²) in [5, 5.41) is 4.30. The fraction of sp³-hybridized carbons (Fsp3) is 0.300. The monoisotopic (exact) mass is 402 g/mol. The third kappa shape index (κ3) is 6.35. The number of hydrogen-bond donors (Lipinski definition) is 1. The molecule has 2 aromatic rings. The van der Waals surface area contributed by atoms with Crippen LogP contribution < -0.4 is 10.2 Å². The van der Waals surface area contributed by atoms with Crippen molar-refractivity contribution in [1.82, 2.24) is 5.43 Å². The molecule has 0 atom stereocenters. The molecule has 5 heteroatoms. The van der Waals surface area contributed by atoms with Gasteiger partial charge in [-0.3, -0.25) is 4.79 Å². The molecule has 1 amide bonds. The highest BCUT2D eigenvalue weighted by molar-refractivity contribution is 9.10. The summed E-state index contributed by atoms with van der Waals surface area (Å²) in [6, 6.07) is 15.5. The summed E-state index contributed by atoms with van der Waals surface area (Å²) < 4.78 is 6.53. The van der Waals surface area contributed by atoms with E-state index in [2.05, 4.69) is 33.4 Å². The van der Waals surface area contributed by atoms with Crippen molar-refractivity contribution in [2.45, 2.75) is 33.1 Å². The molecule has 2 aromatic carbocycles. The highest BCUT2D eigenvalue weighted by atomic mass is 79.9. The second kappa shape index (κ2) is 9.99. The van der Waals surface area contributed by atoms with Crippen LogP contribution in [0.3, 0.4) is 0 Å². The van der Waals surface area contributed by atoms with Crippen molar-refractivity contribution in [1.29, 1.82) is 0 Å². The average Bonchev–Trinajstić information content (AvgIpc) is 2.63. The topological polar surface area (TPSA) is 50.7 Å². The summed E-state index contributed by atoms with van der Waals surface area (Å²) in [6.07, 6.45) is 2.93. The van der Waals surface area contributed by atoms with Crippen molar-refractivity contribution in [3.05, 3.63) is 64.1 Å². The molecule has 0 heterocycles. The Labute approximate surface area is 157 Å². The number of amides is 1. The largest absolute Gasteiger partial charge is 0.484 e. The molecule has 132 valence electrons. The van der Waals surface area contributed by atoms with Crippen molar-refractivity contribution < 1.29 is 9.53 Å². The molecule has 0 radical (unpaired) electrons. The van der Waals surface area contributed by atoms with Crippen LogP contribution in [0.1, 0.15) is 37.3 Å². The minimum atomic E-state index is -0.273. The molecule has 0 bridgehead atoms. The van der Waals surface area contributed by atoms with Gasteiger partial charge in [-0.2, -0.15) is 5.10 Å². The van der Waals surface area contributed by atoms with Gasteiger partial charge < -0.3 is 4.74 Å². The van der Waals surface area contributed by atoms with Gasteiger partial charge in [0.2, 0.25) is 0 Å². The van der Waals surface area contributed by atoms with Crippen molar-refractivity contribution >= 4 is 27.5 Å². The van der Waals surface area contributed by atoms with Crippen molar-refractivity contribution in [3.63, 3.8) is 0 Å². The zero-order valence-corrected chi connectivity index (χ0v) is 16.2. The third-order valence-corrected chi connectivity index (χ3v) is 4.58. The van der Waals surface area contributed by atoms with Crippen LogP contribution in [0.4, 0.5) is 0 Å². The maximum Gasteiger partial charge on any atom is 0.277 e. The van der Waals surface area contributed by atoms with Crippen LogP contribution in [0.15, 0.2) is 58.1 Å². The van der Waals surface area contributed by atoms with E-state index in [1.54, 1.807) is 0 Å². The van der Waals surface area contributed by atoms with Gasteiger partial charge in [-0.1, -0.05) is 59.6 Å². The summed E-state index contributed by atoms with van der Waals surface area (Å²) in [7, 11) is 0. The first-order chi connectivity index (χ1) is 12.1. The molecular formula is C20H23BrN2O2. The van der Waals surface area contributed by atoms with Gasteiger partial charge >= 0.3 is 0 Å². The summed E-state index contributed by atoms with van der Waals surface area (Å²) in [4.78, 5) is 12.0. The Hall–Kier alpha value is -2.14. The average molecular weight is 403 g/mol. The van der Waals surface area contributed by atoms with Gasteiger partial charge in [0.1, 0.15) is 5.75 Å². The molecule has 0 aliphatic carbocycles. The number of rotatable bonds is 8.